The van der Waals surface area contributed by atoms with E-state index in [4.69, 9.17) is 48.8 Å². The van der Waals surface area contributed by atoms with Crippen molar-refractivity contribution in [3.63, 3.8) is 0 Å². The zero-order chi connectivity index (χ0) is 25.9. The average molecular weight is 557 g/mol. The second kappa shape index (κ2) is 10.9. The standard InChI is InChI=1S/C28H17Cl3FNO4/c29-21-5-3-6-22(30)25(21)26-20(27(37-33-26)17-8-9-17)15-36-18-11-10-16(23(31)14-18)12-13-35-28(34)19-4-1-2-7-24(19)32/h1-7,10-11,14,17H,8-9,15H2. The maximum absolute atomic E-state index is 13.7. The van der Waals surface area contributed by atoms with E-state index in [0.29, 0.717) is 32.6 Å². The van der Waals surface area contributed by atoms with Crippen molar-refractivity contribution in [1.82, 2.24) is 5.16 Å². The lowest BCUT2D eigenvalue weighted by molar-refractivity contribution is 0.0685. The van der Waals surface area contributed by atoms with Gasteiger partial charge in [-0.25, -0.2) is 9.18 Å². The van der Waals surface area contributed by atoms with Gasteiger partial charge >= 0.3 is 5.97 Å². The fourth-order valence-corrected chi connectivity index (χ4v) is 4.49. The van der Waals surface area contributed by atoms with Gasteiger partial charge in [0, 0.05) is 23.1 Å². The topological polar surface area (TPSA) is 61.6 Å². The Bertz CT molecular complexity index is 1530. The lowest BCUT2D eigenvalue weighted by Crippen LogP contribution is -2.03. The van der Waals surface area contributed by atoms with Crippen LogP contribution in [0.15, 0.2) is 65.2 Å². The van der Waals surface area contributed by atoms with Crippen LogP contribution in [0.4, 0.5) is 4.39 Å². The molecule has 0 amide bonds. The molecule has 0 aliphatic heterocycles. The van der Waals surface area contributed by atoms with Crippen LogP contribution in [0.5, 0.6) is 5.75 Å². The van der Waals surface area contributed by atoms with E-state index in [1.165, 1.54) is 24.3 Å². The molecule has 4 aromatic rings. The Morgan fingerprint density at radius 2 is 1.78 bits per heavy atom. The fourth-order valence-electron chi connectivity index (χ4n) is 3.70. The van der Waals surface area contributed by atoms with Crippen molar-refractivity contribution in [1.29, 1.82) is 0 Å². The molecule has 3 aromatic carbocycles. The highest BCUT2D eigenvalue weighted by Crippen LogP contribution is 2.46. The quantitative estimate of drug-likeness (QED) is 0.178. The number of ether oxygens (including phenoxy) is 2. The summed E-state index contributed by atoms with van der Waals surface area (Å²) >= 11 is 19.2. The molecule has 5 rings (SSSR count). The number of carbonyl (C=O) groups is 1. The molecule has 0 N–H and O–H groups in total. The number of aromatic nitrogens is 1. The zero-order valence-electron chi connectivity index (χ0n) is 19.1. The molecular formula is C28H17Cl3FNO4. The third-order valence-electron chi connectivity index (χ3n) is 5.71. The third kappa shape index (κ3) is 5.60. The lowest BCUT2D eigenvalue weighted by atomic mass is 10.0. The number of esters is 1. The largest absolute Gasteiger partial charge is 0.489 e. The number of rotatable bonds is 6. The fraction of sp³-hybridized carbons (Fsp3) is 0.143. The number of nitrogens with zero attached hydrogens (tertiary/aromatic N) is 1. The van der Waals surface area contributed by atoms with Crippen LogP contribution in [-0.4, -0.2) is 11.1 Å². The molecule has 0 saturated heterocycles. The van der Waals surface area contributed by atoms with Crippen LogP contribution in [0, 0.1) is 17.8 Å². The predicted octanol–water partition coefficient (Wildman–Crippen LogP) is 8.06. The molecule has 1 saturated carbocycles. The minimum Gasteiger partial charge on any atom is -0.489 e. The summed E-state index contributed by atoms with van der Waals surface area (Å²) in [4.78, 5) is 12.0. The number of carbonyl (C=O) groups excluding carboxylic acids is 1. The van der Waals surface area contributed by atoms with Crippen molar-refractivity contribution in [3.8, 4) is 29.0 Å². The first kappa shape index (κ1) is 25.2. The highest BCUT2D eigenvalue weighted by molar-refractivity contribution is 6.39. The lowest BCUT2D eigenvalue weighted by Gasteiger charge is -2.10. The number of benzene rings is 3. The van der Waals surface area contributed by atoms with E-state index < -0.39 is 11.8 Å². The average Bonchev–Trinajstić information content (AvgIpc) is 3.64. The summed E-state index contributed by atoms with van der Waals surface area (Å²) in [5.41, 5.74) is 2.11. The third-order valence-corrected chi connectivity index (χ3v) is 6.66. The monoisotopic (exact) mass is 555 g/mol. The molecule has 1 fully saturated rings. The van der Waals surface area contributed by atoms with E-state index in [2.05, 4.69) is 17.2 Å². The molecule has 1 heterocycles. The Morgan fingerprint density at radius 3 is 2.49 bits per heavy atom. The summed E-state index contributed by atoms with van der Waals surface area (Å²) in [5.74, 6) is 2.60. The van der Waals surface area contributed by atoms with Gasteiger partial charge < -0.3 is 14.0 Å². The highest BCUT2D eigenvalue weighted by Gasteiger charge is 2.33. The molecule has 0 bridgehead atoms. The van der Waals surface area contributed by atoms with Crippen molar-refractivity contribution in [2.45, 2.75) is 25.4 Å². The van der Waals surface area contributed by atoms with Crippen molar-refractivity contribution >= 4 is 40.8 Å². The Kier molecular flexibility index (Phi) is 7.38. The van der Waals surface area contributed by atoms with Gasteiger partial charge in [-0.1, -0.05) is 58.2 Å². The summed E-state index contributed by atoms with van der Waals surface area (Å²) in [5, 5.41) is 5.47. The van der Waals surface area contributed by atoms with Gasteiger partial charge in [-0.05, 0) is 55.2 Å². The van der Waals surface area contributed by atoms with Gasteiger partial charge in [-0.3, -0.25) is 0 Å². The maximum atomic E-state index is 13.7. The Morgan fingerprint density at radius 1 is 1.03 bits per heavy atom. The summed E-state index contributed by atoms with van der Waals surface area (Å²) in [6.45, 7) is 0.161. The van der Waals surface area contributed by atoms with Crippen LogP contribution in [0.25, 0.3) is 11.3 Å². The van der Waals surface area contributed by atoms with Crippen molar-refractivity contribution < 1.29 is 23.2 Å². The van der Waals surface area contributed by atoms with Gasteiger partial charge in [-0.2, -0.15) is 0 Å². The molecule has 9 heteroatoms. The molecule has 5 nitrogen and oxygen atoms in total. The van der Waals surface area contributed by atoms with E-state index in [-0.39, 0.29) is 23.1 Å². The number of hydrogen-bond acceptors (Lipinski definition) is 5. The van der Waals surface area contributed by atoms with Crippen LogP contribution in [0.2, 0.25) is 15.1 Å². The molecule has 37 heavy (non-hydrogen) atoms. The van der Waals surface area contributed by atoms with Crippen LogP contribution in [0.3, 0.4) is 0 Å². The first-order valence-electron chi connectivity index (χ1n) is 11.2. The van der Waals surface area contributed by atoms with Crippen LogP contribution >= 0.6 is 34.8 Å². The van der Waals surface area contributed by atoms with E-state index >= 15 is 0 Å². The van der Waals surface area contributed by atoms with Crippen LogP contribution < -0.4 is 4.74 Å². The summed E-state index contributed by atoms with van der Waals surface area (Å²) in [6.07, 6.45) is 4.29. The van der Waals surface area contributed by atoms with E-state index in [1.54, 1.807) is 36.4 Å². The van der Waals surface area contributed by atoms with Crippen molar-refractivity contribution in [2.75, 3.05) is 0 Å². The summed E-state index contributed by atoms with van der Waals surface area (Å²) < 4.78 is 30.2. The molecule has 0 unspecified atom stereocenters. The summed E-state index contributed by atoms with van der Waals surface area (Å²) in [7, 11) is 0. The normalized spacial score (nSPS) is 12.5. The maximum Gasteiger partial charge on any atom is 0.355 e. The first-order chi connectivity index (χ1) is 17.9. The second-order valence-corrected chi connectivity index (χ2v) is 9.49. The first-order valence-corrected chi connectivity index (χ1v) is 12.4. The van der Waals surface area contributed by atoms with E-state index in [0.717, 1.165) is 24.2 Å². The Hall–Kier alpha value is -3.50. The van der Waals surface area contributed by atoms with Gasteiger partial charge in [-0.15, -0.1) is 0 Å². The highest BCUT2D eigenvalue weighted by atomic mass is 35.5. The Labute approximate surface area is 227 Å². The van der Waals surface area contributed by atoms with Crippen LogP contribution in [-0.2, 0) is 11.3 Å². The Balaban J connectivity index is 1.31. The smallest absolute Gasteiger partial charge is 0.355 e. The van der Waals surface area contributed by atoms with Gasteiger partial charge in [0.2, 0.25) is 0 Å². The van der Waals surface area contributed by atoms with Gasteiger partial charge in [0.1, 0.15) is 35.7 Å². The zero-order valence-corrected chi connectivity index (χ0v) is 21.3. The van der Waals surface area contributed by atoms with Crippen LogP contribution in [0.1, 0.15) is 46.0 Å². The van der Waals surface area contributed by atoms with Crippen molar-refractivity contribution in [3.05, 3.63) is 104 Å². The van der Waals surface area contributed by atoms with E-state index in [9.17, 15) is 9.18 Å². The second-order valence-electron chi connectivity index (χ2n) is 8.27. The predicted molar refractivity (Wildman–Crippen MR) is 138 cm³/mol. The van der Waals surface area contributed by atoms with Gasteiger partial charge in [0.15, 0.2) is 0 Å². The molecule has 0 radical (unpaired) electrons. The van der Waals surface area contributed by atoms with Crippen molar-refractivity contribution in [2.24, 2.45) is 0 Å². The minimum absolute atomic E-state index is 0.161. The molecule has 1 aliphatic rings. The molecule has 1 aliphatic carbocycles. The van der Waals surface area contributed by atoms with Gasteiger partial charge in [0.05, 0.1) is 26.2 Å². The van der Waals surface area contributed by atoms with E-state index in [1.807, 2.05) is 0 Å². The molecule has 0 spiro atoms. The molecular weight excluding hydrogens is 540 g/mol. The molecule has 0 atom stereocenters. The number of hydrogen-bond donors (Lipinski definition) is 0. The SMILES string of the molecule is O=C(OC#Cc1ccc(OCc2c(-c3c(Cl)cccc3Cl)noc2C2CC2)cc1Cl)c1ccccc1F. The van der Waals surface area contributed by atoms with Gasteiger partial charge in [0.25, 0.3) is 0 Å². The molecule has 186 valence electrons. The number of halogens is 4. The summed E-state index contributed by atoms with van der Waals surface area (Å²) in [6, 6.07) is 15.6. The molecule has 1 aromatic heterocycles. The minimum atomic E-state index is -0.892.